The van der Waals surface area contributed by atoms with E-state index in [1.54, 1.807) is 36.4 Å². The topological polar surface area (TPSA) is 20.2 Å². The van der Waals surface area contributed by atoms with Gasteiger partial charge in [0.1, 0.15) is 11.6 Å². The van der Waals surface area contributed by atoms with Gasteiger partial charge in [-0.3, -0.25) is 0 Å². The van der Waals surface area contributed by atoms with Crippen LogP contribution in [0, 0.1) is 12.7 Å². The predicted molar refractivity (Wildman–Crippen MR) is 58.2 cm³/mol. The third-order valence-electron chi connectivity index (χ3n) is 2.32. The van der Waals surface area contributed by atoms with E-state index >= 15 is 0 Å². The molecule has 0 aliphatic rings. The van der Waals surface area contributed by atoms with Gasteiger partial charge in [0.05, 0.1) is 0 Å². The summed E-state index contributed by atoms with van der Waals surface area (Å²) in [6.07, 6.45) is 0. The summed E-state index contributed by atoms with van der Waals surface area (Å²) in [6.45, 7) is 1.89. The number of hydrogen-bond acceptors (Lipinski definition) is 1. The van der Waals surface area contributed by atoms with E-state index in [-0.39, 0.29) is 11.6 Å². The van der Waals surface area contributed by atoms with E-state index in [9.17, 15) is 9.50 Å². The number of aryl methyl sites for hydroxylation is 1. The summed E-state index contributed by atoms with van der Waals surface area (Å²) in [6, 6.07) is 11.6. The molecule has 1 nitrogen and oxygen atoms in total. The zero-order valence-corrected chi connectivity index (χ0v) is 8.37. The molecule has 76 valence electrons. The zero-order chi connectivity index (χ0) is 10.8. The molecule has 0 spiro atoms. The van der Waals surface area contributed by atoms with Crippen LogP contribution in [0.1, 0.15) is 5.56 Å². The first-order valence-corrected chi connectivity index (χ1v) is 4.73. The molecule has 0 radical (unpaired) electrons. The first-order chi connectivity index (χ1) is 7.18. The Bertz CT molecular complexity index is 492. The van der Waals surface area contributed by atoms with Crippen LogP contribution in [0.15, 0.2) is 42.5 Å². The van der Waals surface area contributed by atoms with Crippen molar-refractivity contribution in [3.63, 3.8) is 0 Å². The number of hydrogen-bond donors (Lipinski definition) is 1. The molecular weight excluding hydrogens is 191 g/mol. The number of para-hydroxylation sites is 1. The van der Waals surface area contributed by atoms with Crippen LogP contribution in [0.2, 0.25) is 0 Å². The summed E-state index contributed by atoms with van der Waals surface area (Å²) in [4.78, 5) is 0. The van der Waals surface area contributed by atoms with E-state index in [1.165, 1.54) is 6.07 Å². The fraction of sp³-hybridized carbons (Fsp3) is 0.0769. The lowest BCUT2D eigenvalue weighted by Gasteiger charge is -2.06. The van der Waals surface area contributed by atoms with Gasteiger partial charge in [-0.05, 0) is 25.1 Å². The first kappa shape index (κ1) is 9.71. The predicted octanol–water partition coefficient (Wildman–Crippen LogP) is 3.51. The minimum absolute atomic E-state index is 0.0991. The maximum absolute atomic E-state index is 13.5. The van der Waals surface area contributed by atoms with Crippen molar-refractivity contribution in [1.82, 2.24) is 0 Å². The summed E-state index contributed by atoms with van der Waals surface area (Å²) in [5.74, 6) is -0.218. The Hall–Kier alpha value is -1.83. The van der Waals surface area contributed by atoms with Gasteiger partial charge >= 0.3 is 0 Å². The van der Waals surface area contributed by atoms with E-state index in [2.05, 4.69) is 0 Å². The van der Waals surface area contributed by atoms with Gasteiger partial charge in [0.2, 0.25) is 0 Å². The molecule has 0 unspecified atom stereocenters. The lowest BCUT2D eigenvalue weighted by molar-refractivity contribution is 0.476. The molecule has 1 N–H and O–H groups in total. The zero-order valence-electron chi connectivity index (χ0n) is 8.37. The van der Waals surface area contributed by atoms with Gasteiger partial charge in [-0.15, -0.1) is 0 Å². The Kier molecular flexibility index (Phi) is 2.42. The Morgan fingerprint density at radius 2 is 1.73 bits per heavy atom. The second-order valence-corrected chi connectivity index (χ2v) is 3.50. The van der Waals surface area contributed by atoms with Crippen LogP contribution in [0.3, 0.4) is 0 Å². The van der Waals surface area contributed by atoms with Crippen LogP contribution >= 0.6 is 0 Å². The molecule has 0 amide bonds. The molecule has 0 saturated carbocycles. The minimum atomic E-state index is -0.317. The third kappa shape index (κ3) is 1.84. The largest absolute Gasteiger partial charge is 0.507 e. The van der Waals surface area contributed by atoms with Gasteiger partial charge in [-0.2, -0.15) is 0 Å². The Morgan fingerprint density at radius 1 is 1.00 bits per heavy atom. The van der Waals surface area contributed by atoms with Crippen LogP contribution in [0.4, 0.5) is 4.39 Å². The number of benzene rings is 2. The fourth-order valence-electron chi connectivity index (χ4n) is 1.55. The van der Waals surface area contributed by atoms with Gasteiger partial charge in [0.25, 0.3) is 0 Å². The lowest BCUT2D eigenvalue weighted by Crippen LogP contribution is -1.86. The number of phenols is 1. The third-order valence-corrected chi connectivity index (χ3v) is 2.32. The molecular formula is C13H11FO. The number of aromatic hydroxyl groups is 1. The molecule has 2 aromatic carbocycles. The van der Waals surface area contributed by atoms with E-state index in [4.69, 9.17) is 0 Å². The lowest BCUT2D eigenvalue weighted by atomic mass is 10.0. The van der Waals surface area contributed by atoms with Crippen molar-refractivity contribution in [3.05, 3.63) is 53.8 Å². The van der Waals surface area contributed by atoms with Gasteiger partial charge in [-0.25, -0.2) is 4.39 Å². The average molecular weight is 202 g/mol. The van der Waals surface area contributed by atoms with Crippen LogP contribution in [-0.2, 0) is 0 Å². The van der Waals surface area contributed by atoms with E-state index in [0.717, 1.165) is 5.56 Å². The molecule has 2 aromatic rings. The normalized spacial score (nSPS) is 10.3. The molecule has 0 saturated heterocycles. The van der Waals surface area contributed by atoms with E-state index < -0.39 is 0 Å². The molecule has 0 fully saturated rings. The second-order valence-electron chi connectivity index (χ2n) is 3.50. The number of phenolic OH excluding ortho intramolecular Hbond substituents is 1. The summed E-state index contributed by atoms with van der Waals surface area (Å²) >= 11 is 0. The molecule has 2 rings (SSSR count). The van der Waals surface area contributed by atoms with Gasteiger partial charge in [0, 0.05) is 11.1 Å². The molecule has 0 aliphatic carbocycles. The summed E-state index contributed by atoms with van der Waals surface area (Å²) < 4.78 is 13.5. The van der Waals surface area contributed by atoms with E-state index in [0.29, 0.717) is 11.1 Å². The second kappa shape index (κ2) is 3.73. The standard InChI is InChI=1S/C13H11FO/c1-9-6-7-12(14)11(8-9)10-4-2-3-5-13(10)15/h2-8,15H,1H3. The molecule has 0 aromatic heterocycles. The highest BCUT2D eigenvalue weighted by atomic mass is 19.1. The van der Waals surface area contributed by atoms with Crippen molar-refractivity contribution >= 4 is 0 Å². The SMILES string of the molecule is Cc1ccc(F)c(-c2ccccc2O)c1. The molecule has 15 heavy (non-hydrogen) atoms. The van der Waals surface area contributed by atoms with Crippen LogP contribution < -0.4 is 0 Å². The quantitative estimate of drug-likeness (QED) is 0.750. The number of rotatable bonds is 1. The van der Waals surface area contributed by atoms with Crippen molar-refractivity contribution < 1.29 is 9.50 Å². The van der Waals surface area contributed by atoms with Gasteiger partial charge in [-0.1, -0.05) is 29.8 Å². The fourth-order valence-corrected chi connectivity index (χ4v) is 1.55. The maximum Gasteiger partial charge on any atom is 0.131 e. The Labute approximate surface area is 87.8 Å². The van der Waals surface area contributed by atoms with Crippen molar-refractivity contribution in [2.24, 2.45) is 0 Å². The highest BCUT2D eigenvalue weighted by Crippen LogP contribution is 2.30. The molecule has 0 heterocycles. The van der Waals surface area contributed by atoms with Gasteiger partial charge < -0.3 is 5.11 Å². The maximum atomic E-state index is 13.5. The Balaban J connectivity index is 2.64. The van der Waals surface area contributed by atoms with Crippen molar-refractivity contribution in [3.8, 4) is 16.9 Å². The van der Waals surface area contributed by atoms with Crippen LogP contribution in [-0.4, -0.2) is 5.11 Å². The summed E-state index contributed by atoms with van der Waals surface area (Å²) in [5, 5.41) is 9.61. The van der Waals surface area contributed by atoms with Crippen molar-refractivity contribution in [2.45, 2.75) is 6.92 Å². The Morgan fingerprint density at radius 3 is 2.47 bits per heavy atom. The number of halogens is 1. The monoisotopic (exact) mass is 202 g/mol. The highest BCUT2D eigenvalue weighted by molar-refractivity contribution is 5.70. The highest BCUT2D eigenvalue weighted by Gasteiger charge is 2.08. The van der Waals surface area contributed by atoms with Crippen molar-refractivity contribution in [2.75, 3.05) is 0 Å². The van der Waals surface area contributed by atoms with E-state index in [1.807, 2.05) is 6.92 Å². The minimum Gasteiger partial charge on any atom is -0.507 e. The van der Waals surface area contributed by atoms with Gasteiger partial charge in [0.15, 0.2) is 0 Å². The van der Waals surface area contributed by atoms with Crippen molar-refractivity contribution in [1.29, 1.82) is 0 Å². The molecule has 0 atom stereocenters. The van der Waals surface area contributed by atoms with Crippen LogP contribution in [0.5, 0.6) is 5.75 Å². The molecule has 2 heteroatoms. The molecule has 0 bridgehead atoms. The molecule has 0 aliphatic heterocycles. The first-order valence-electron chi connectivity index (χ1n) is 4.73. The summed E-state index contributed by atoms with van der Waals surface area (Å²) in [5.41, 5.74) is 1.93. The van der Waals surface area contributed by atoms with Crippen LogP contribution in [0.25, 0.3) is 11.1 Å². The smallest absolute Gasteiger partial charge is 0.131 e. The summed E-state index contributed by atoms with van der Waals surface area (Å²) in [7, 11) is 0. The average Bonchev–Trinajstić information content (AvgIpc) is 2.23.